The van der Waals surface area contributed by atoms with Gasteiger partial charge in [-0.25, -0.2) is 10.2 Å². The van der Waals surface area contributed by atoms with Crippen molar-refractivity contribution in [2.75, 3.05) is 47.1 Å². The molecule has 0 spiro atoms. The van der Waals surface area contributed by atoms with Crippen LogP contribution in [0.2, 0.25) is 0 Å². The van der Waals surface area contributed by atoms with E-state index in [0.29, 0.717) is 0 Å². The minimum absolute atomic E-state index is 0.169. The minimum Gasteiger partial charge on any atom is -0.394 e. The molecular formula is C18H35N7O9. The summed E-state index contributed by atoms with van der Waals surface area (Å²) in [5, 5.41) is 28.5. The highest BCUT2D eigenvalue weighted by atomic mass is 16.5. The van der Waals surface area contributed by atoms with Crippen molar-refractivity contribution in [3.05, 3.63) is 0 Å². The molecule has 196 valence electrons. The Labute approximate surface area is 196 Å². The van der Waals surface area contributed by atoms with Crippen LogP contribution in [-0.2, 0) is 28.7 Å². The van der Waals surface area contributed by atoms with Crippen LogP contribution >= 0.6 is 0 Å². The van der Waals surface area contributed by atoms with Crippen LogP contribution in [0.4, 0.5) is 4.79 Å². The lowest BCUT2D eigenvalue weighted by atomic mass is 10.1. The fraction of sp³-hybridized carbons (Fsp3) is 0.722. The van der Waals surface area contributed by atoms with E-state index in [-0.39, 0.29) is 32.7 Å². The van der Waals surface area contributed by atoms with Gasteiger partial charge in [0.15, 0.2) is 0 Å². The summed E-state index contributed by atoms with van der Waals surface area (Å²) in [7, 11) is 2.73. The molecule has 1 unspecified atom stereocenters. The van der Waals surface area contributed by atoms with Gasteiger partial charge in [-0.15, -0.1) is 0 Å². The Kier molecular flexibility index (Phi) is 15.9. The Morgan fingerprint density at radius 1 is 1.00 bits per heavy atom. The number of hydrazine groups is 1. The molecule has 0 aromatic carbocycles. The Balaban J connectivity index is 4.84. The Hall–Kier alpha value is -3.05. The summed E-state index contributed by atoms with van der Waals surface area (Å²) < 4.78 is 9.44. The number of methoxy groups -OCH3 is 2. The van der Waals surface area contributed by atoms with E-state index in [2.05, 4.69) is 36.9 Å². The fourth-order valence-electron chi connectivity index (χ4n) is 2.49. The lowest BCUT2D eigenvalue weighted by molar-refractivity contribution is -0.133. The monoisotopic (exact) mass is 493 g/mol. The van der Waals surface area contributed by atoms with Crippen molar-refractivity contribution in [3.8, 4) is 0 Å². The number of carbonyl (C=O) groups excluding carboxylic acids is 5. The van der Waals surface area contributed by atoms with Crippen LogP contribution in [0.15, 0.2) is 0 Å². The van der Waals surface area contributed by atoms with Crippen molar-refractivity contribution >= 4 is 29.7 Å². The van der Waals surface area contributed by atoms with Crippen molar-refractivity contribution in [2.24, 2.45) is 5.73 Å². The van der Waals surface area contributed by atoms with Crippen LogP contribution in [0.25, 0.3) is 0 Å². The molecule has 0 aliphatic heterocycles. The van der Waals surface area contributed by atoms with Crippen molar-refractivity contribution < 1.29 is 43.7 Å². The van der Waals surface area contributed by atoms with Crippen LogP contribution in [0, 0.1) is 0 Å². The van der Waals surface area contributed by atoms with E-state index in [4.69, 9.17) is 10.5 Å². The minimum atomic E-state index is -1.30. The summed E-state index contributed by atoms with van der Waals surface area (Å²) in [6.07, 6.45) is -1.57. The first-order valence-corrected chi connectivity index (χ1v) is 10.3. The largest absolute Gasteiger partial charge is 0.394 e. The lowest BCUT2D eigenvalue weighted by Crippen LogP contribution is -2.59. The zero-order chi connectivity index (χ0) is 26.1. The van der Waals surface area contributed by atoms with E-state index in [0.717, 1.165) is 0 Å². The molecule has 0 aliphatic rings. The highest BCUT2D eigenvalue weighted by molar-refractivity contribution is 5.88. The molecule has 10 N–H and O–H groups in total. The normalized spacial score (nSPS) is 14.1. The van der Waals surface area contributed by atoms with Gasteiger partial charge in [-0.1, -0.05) is 0 Å². The number of ether oxygens (including phenoxy) is 2. The van der Waals surface area contributed by atoms with Crippen LogP contribution in [-0.4, -0.2) is 111 Å². The van der Waals surface area contributed by atoms with Gasteiger partial charge in [0.05, 0.1) is 25.4 Å². The van der Waals surface area contributed by atoms with Gasteiger partial charge >= 0.3 is 6.03 Å². The second-order valence-corrected chi connectivity index (χ2v) is 7.09. The molecule has 0 aromatic heterocycles. The van der Waals surface area contributed by atoms with Gasteiger partial charge in [0, 0.05) is 33.7 Å². The van der Waals surface area contributed by atoms with Gasteiger partial charge < -0.3 is 46.7 Å². The molecule has 0 rings (SSSR count). The molecule has 34 heavy (non-hydrogen) atoms. The van der Waals surface area contributed by atoms with Crippen LogP contribution in [0.1, 0.15) is 13.3 Å². The molecule has 0 fully saturated rings. The van der Waals surface area contributed by atoms with E-state index in [1.165, 1.54) is 21.1 Å². The third kappa shape index (κ3) is 13.5. The van der Waals surface area contributed by atoms with Crippen molar-refractivity contribution in [3.63, 3.8) is 0 Å². The van der Waals surface area contributed by atoms with Gasteiger partial charge in [-0.2, -0.15) is 0 Å². The third-order valence-electron chi connectivity index (χ3n) is 4.11. The summed E-state index contributed by atoms with van der Waals surface area (Å²) in [5.41, 5.74) is 9.90. The van der Waals surface area contributed by atoms with Crippen LogP contribution in [0.5, 0.6) is 0 Å². The summed E-state index contributed by atoms with van der Waals surface area (Å²) in [4.78, 5) is 59.4. The Morgan fingerprint density at radius 2 is 1.68 bits per heavy atom. The molecule has 16 heteroatoms. The number of urea groups is 1. The number of rotatable bonds is 17. The van der Waals surface area contributed by atoms with E-state index in [9.17, 15) is 34.2 Å². The van der Waals surface area contributed by atoms with Gasteiger partial charge in [0.25, 0.3) is 5.91 Å². The Morgan fingerprint density at radius 3 is 2.21 bits per heavy atom. The SMILES string of the molecule is COCCNC(=O)[C@@H](CO)NC(=O)N[C@@H](CNNC(=O)[C@H](NC(=O)COC)C(C)O)CC(N)=O. The second-order valence-electron chi connectivity index (χ2n) is 7.09. The number of primary amides is 1. The first kappa shape index (κ1) is 30.9. The van der Waals surface area contributed by atoms with Gasteiger partial charge in [-0.05, 0) is 6.92 Å². The van der Waals surface area contributed by atoms with Gasteiger partial charge in [0.2, 0.25) is 17.7 Å². The number of carbonyl (C=O) groups is 5. The predicted molar refractivity (Wildman–Crippen MR) is 117 cm³/mol. The molecule has 0 saturated heterocycles. The summed E-state index contributed by atoms with van der Waals surface area (Å²) >= 11 is 0. The maximum Gasteiger partial charge on any atom is 0.315 e. The number of amides is 6. The predicted octanol–water partition coefficient (Wildman–Crippen LogP) is -5.21. The van der Waals surface area contributed by atoms with E-state index in [1.807, 2.05) is 0 Å². The first-order chi connectivity index (χ1) is 16.0. The highest BCUT2D eigenvalue weighted by Gasteiger charge is 2.26. The van der Waals surface area contributed by atoms with Crippen LogP contribution in [0.3, 0.4) is 0 Å². The smallest absolute Gasteiger partial charge is 0.315 e. The van der Waals surface area contributed by atoms with E-state index < -0.39 is 60.5 Å². The number of hydrogen-bond acceptors (Lipinski definition) is 10. The molecule has 0 saturated carbocycles. The second kappa shape index (κ2) is 17.4. The molecule has 4 atom stereocenters. The molecule has 16 nitrogen and oxygen atoms in total. The number of nitrogens with one attached hydrogen (secondary N) is 6. The molecule has 0 aliphatic carbocycles. The van der Waals surface area contributed by atoms with E-state index in [1.54, 1.807) is 0 Å². The molecule has 0 bridgehead atoms. The summed E-state index contributed by atoms with van der Waals surface area (Å²) in [6.45, 7) is 0.509. The maximum atomic E-state index is 12.3. The number of aliphatic hydroxyl groups is 2. The van der Waals surface area contributed by atoms with Gasteiger partial charge in [0.1, 0.15) is 18.7 Å². The number of hydrogen-bond donors (Lipinski definition) is 9. The molecule has 0 heterocycles. The van der Waals surface area contributed by atoms with Crippen molar-refractivity contribution in [1.29, 1.82) is 0 Å². The summed E-state index contributed by atoms with van der Waals surface area (Å²) in [6, 6.07) is -4.38. The Bertz CT molecular complexity index is 678. The standard InChI is InChI=1S/C18H35N7O9/c1-10(27)15(24-14(29)9-34-3)17(31)25-21-7-11(6-13(19)28)22-18(32)23-12(8-26)16(30)20-4-5-33-2/h10-12,15,21,26-27H,4-9H2,1-3H3,(H2,19,28)(H,20,30)(H,24,29)(H,25,31)(H2,22,23,32)/t10?,11-,12-,15-/m1/s1. The van der Waals surface area contributed by atoms with E-state index >= 15 is 0 Å². The molecule has 6 amide bonds. The molecule has 0 radical (unpaired) electrons. The highest BCUT2D eigenvalue weighted by Crippen LogP contribution is 1.95. The fourth-order valence-corrected chi connectivity index (χ4v) is 2.49. The zero-order valence-corrected chi connectivity index (χ0v) is 19.4. The molecule has 0 aromatic rings. The average molecular weight is 494 g/mol. The first-order valence-electron chi connectivity index (χ1n) is 10.3. The van der Waals surface area contributed by atoms with Crippen molar-refractivity contribution in [2.45, 2.75) is 37.6 Å². The van der Waals surface area contributed by atoms with Gasteiger partial charge in [-0.3, -0.25) is 24.6 Å². The quantitative estimate of drug-likeness (QED) is 0.0688. The van der Waals surface area contributed by atoms with Crippen LogP contribution < -0.4 is 37.9 Å². The average Bonchev–Trinajstić information content (AvgIpc) is 2.75. The maximum absolute atomic E-state index is 12.3. The van der Waals surface area contributed by atoms with Crippen molar-refractivity contribution in [1.82, 2.24) is 32.1 Å². The third-order valence-corrected chi connectivity index (χ3v) is 4.11. The zero-order valence-electron chi connectivity index (χ0n) is 19.4. The summed E-state index contributed by atoms with van der Waals surface area (Å²) in [5.74, 6) is -2.83. The molecular weight excluding hydrogens is 458 g/mol. The lowest BCUT2D eigenvalue weighted by Gasteiger charge is -2.23. The number of nitrogens with two attached hydrogens (primary N) is 1. The topological polar surface area (TPSA) is 242 Å². The number of aliphatic hydroxyl groups excluding tert-OH is 2.